The third-order valence-corrected chi connectivity index (χ3v) is 4.90. The molecule has 3 aromatic rings. The van der Waals surface area contributed by atoms with Crippen LogP contribution in [0.25, 0.3) is 6.08 Å². The molecule has 0 saturated carbocycles. The number of ether oxygens (including phenoxy) is 1. The van der Waals surface area contributed by atoms with Gasteiger partial charge in [0.1, 0.15) is 11.5 Å². The van der Waals surface area contributed by atoms with E-state index in [0.29, 0.717) is 23.6 Å². The maximum atomic E-state index is 11.3. The molecule has 0 aromatic heterocycles. The molecular weight excluding hydrogens is 378 g/mol. The quantitative estimate of drug-likeness (QED) is 0.429. The number of rotatable bonds is 5. The standard InChI is InChI=1S/C24H21N3O3/c1-26-16-15-25-22(21-9-5-6-10-23(21)26)13-11-18-17-19(27(28)29)12-14-24(18)30-20-7-3-2-4-8-20/h2-14,17H,15-16H2,1H3/b13-11-. The third-order valence-electron chi connectivity index (χ3n) is 4.90. The summed E-state index contributed by atoms with van der Waals surface area (Å²) in [4.78, 5) is 17.8. The minimum absolute atomic E-state index is 0.0120. The molecule has 0 radical (unpaired) electrons. The molecular formula is C24H21N3O3. The molecule has 3 aromatic carbocycles. The zero-order valence-corrected chi connectivity index (χ0v) is 16.6. The summed E-state index contributed by atoms with van der Waals surface area (Å²) in [7, 11) is 2.05. The van der Waals surface area contributed by atoms with Gasteiger partial charge in [-0.1, -0.05) is 36.4 Å². The first-order chi connectivity index (χ1) is 14.6. The molecule has 0 aliphatic carbocycles. The zero-order valence-electron chi connectivity index (χ0n) is 16.6. The summed E-state index contributed by atoms with van der Waals surface area (Å²) in [6.45, 7) is 1.50. The van der Waals surface area contributed by atoms with E-state index in [1.807, 2.05) is 67.7 Å². The van der Waals surface area contributed by atoms with Crippen LogP contribution < -0.4 is 9.64 Å². The van der Waals surface area contributed by atoms with E-state index in [9.17, 15) is 10.1 Å². The van der Waals surface area contributed by atoms with Crippen molar-refractivity contribution in [1.82, 2.24) is 0 Å². The van der Waals surface area contributed by atoms with Crippen LogP contribution in [0.3, 0.4) is 0 Å². The van der Waals surface area contributed by atoms with Crippen molar-refractivity contribution < 1.29 is 9.66 Å². The molecule has 150 valence electrons. The van der Waals surface area contributed by atoms with E-state index in [-0.39, 0.29) is 5.69 Å². The molecule has 6 nitrogen and oxygen atoms in total. The van der Waals surface area contributed by atoms with Crippen LogP contribution >= 0.6 is 0 Å². The van der Waals surface area contributed by atoms with Crippen molar-refractivity contribution in [2.45, 2.75) is 0 Å². The number of aliphatic imine (C=N–C) groups is 1. The fourth-order valence-corrected chi connectivity index (χ4v) is 3.35. The molecule has 0 bridgehead atoms. The fourth-order valence-electron chi connectivity index (χ4n) is 3.35. The Bertz CT molecular complexity index is 1120. The number of nitrogens with zero attached hydrogens (tertiary/aromatic N) is 3. The number of fused-ring (bicyclic) bond motifs is 1. The number of para-hydroxylation sites is 2. The van der Waals surface area contributed by atoms with Crippen LogP contribution in [-0.4, -0.2) is 30.8 Å². The van der Waals surface area contributed by atoms with Crippen LogP contribution in [0.15, 0.2) is 83.9 Å². The molecule has 0 N–H and O–H groups in total. The molecule has 0 amide bonds. The van der Waals surface area contributed by atoms with Crippen molar-refractivity contribution in [3.8, 4) is 11.5 Å². The number of nitro groups is 1. The summed E-state index contributed by atoms with van der Waals surface area (Å²) in [6.07, 6.45) is 3.72. The van der Waals surface area contributed by atoms with Gasteiger partial charge in [0.15, 0.2) is 0 Å². The highest BCUT2D eigenvalue weighted by Crippen LogP contribution is 2.30. The van der Waals surface area contributed by atoms with Crippen molar-refractivity contribution in [1.29, 1.82) is 0 Å². The first-order valence-corrected chi connectivity index (χ1v) is 9.66. The van der Waals surface area contributed by atoms with Gasteiger partial charge in [-0.2, -0.15) is 0 Å². The normalized spacial score (nSPS) is 13.5. The lowest BCUT2D eigenvalue weighted by atomic mass is 10.1. The summed E-state index contributed by atoms with van der Waals surface area (Å²) >= 11 is 0. The van der Waals surface area contributed by atoms with Crippen molar-refractivity contribution in [2.75, 3.05) is 25.0 Å². The van der Waals surface area contributed by atoms with Gasteiger partial charge in [0, 0.05) is 42.5 Å². The number of hydrogen-bond acceptors (Lipinski definition) is 5. The van der Waals surface area contributed by atoms with Gasteiger partial charge >= 0.3 is 0 Å². The highest BCUT2D eigenvalue weighted by molar-refractivity contribution is 6.14. The largest absolute Gasteiger partial charge is 0.457 e. The van der Waals surface area contributed by atoms with Crippen molar-refractivity contribution in [3.63, 3.8) is 0 Å². The number of nitro benzene ring substituents is 1. The second-order valence-corrected chi connectivity index (χ2v) is 6.93. The van der Waals surface area contributed by atoms with Crippen molar-refractivity contribution in [2.24, 2.45) is 4.99 Å². The predicted octanol–water partition coefficient (Wildman–Crippen LogP) is 5.34. The van der Waals surface area contributed by atoms with Gasteiger partial charge in [0.25, 0.3) is 5.69 Å². The van der Waals surface area contributed by atoms with Crippen molar-refractivity contribution >= 4 is 23.2 Å². The van der Waals surface area contributed by atoms with Gasteiger partial charge in [-0.25, -0.2) is 0 Å². The maximum Gasteiger partial charge on any atom is 0.270 e. The lowest BCUT2D eigenvalue weighted by Crippen LogP contribution is -2.20. The van der Waals surface area contributed by atoms with Gasteiger partial charge in [0.2, 0.25) is 0 Å². The average Bonchev–Trinajstić information content (AvgIpc) is 2.92. The Morgan fingerprint density at radius 2 is 1.80 bits per heavy atom. The fraction of sp³-hybridized carbons (Fsp3) is 0.125. The van der Waals surface area contributed by atoms with E-state index in [1.165, 1.54) is 12.1 Å². The summed E-state index contributed by atoms with van der Waals surface area (Å²) in [5.74, 6) is 1.21. The average molecular weight is 399 g/mol. The first-order valence-electron chi connectivity index (χ1n) is 9.66. The van der Waals surface area contributed by atoms with Crippen LogP contribution in [-0.2, 0) is 0 Å². The molecule has 0 atom stereocenters. The molecule has 0 saturated heterocycles. The Balaban J connectivity index is 1.71. The summed E-state index contributed by atoms with van der Waals surface area (Å²) in [6, 6.07) is 22.0. The number of allylic oxidation sites excluding steroid dienone is 1. The van der Waals surface area contributed by atoms with E-state index >= 15 is 0 Å². The Morgan fingerprint density at radius 3 is 2.60 bits per heavy atom. The first kappa shape index (κ1) is 19.4. The molecule has 0 spiro atoms. The molecule has 6 heteroatoms. The van der Waals surface area contributed by atoms with E-state index in [4.69, 9.17) is 9.73 Å². The number of likely N-dealkylation sites (N-methyl/N-ethyl adjacent to an activating group) is 1. The molecule has 30 heavy (non-hydrogen) atoms. The monoisotopic (exact) mass is 399 g/mol. The number of non-ortho nitro benzene ring substituents is 1. The van der Waals surface area contributed by atoms with Crippen LogP contribution in [0, 0.1) is 10.1 Å². The SMILES string of the molecule is CN1CCN=C(/C=C\c2cc([N+](=O)[O-])ccc2Oc2ccccc2)c2ccccc21. The topological polar surface area (TPSA) is 68.0 Å². The van der Waals surface area contributed by atoms with E-state index in [1.54, 1.807) is 6.07 Å². The summed E-state index contributed by atoms with van der Waals surface area (Å²) in [5.41, 5.74) is 3.61. The lowest BCUT2D eigenvalue weighted by Gasteiger charge is -2.18. The minimum atomic E-state index is -0.406. The lowest BCUT2D eigenvalue weighted by molar-refractivity contribution is -0.384. The smallest absolute Gasteiger partial charge is 0.270 e. The van der Waals surface area contributed by atoms with Crippen LogP contribution in [0.5, 0.6) is 11.5 Å². The molecule has 1 aliphatic rings. The number of hydrogen-bond donors (Lipinski definition) is 0. The Labute approximate surface area is 174 Å². The molecule has 1 aliphatic heterocycles. The molecule has 1 heterocycles. The van der Waals surface area contributed by atoms with Crippen LogP contribution in [0.2, 0.25) is 0 Å². The maximum absolute atomic E-state index is 11.3. The molecule has 0 fully saturated rings. The van der Waals surface area contributed by atoms with Gasteiger partial charge in [-0.05, 0) is 36.4 Å². The summed E-state index contributed by atoms with van der Waals surface area (Å²) in [5, 5.41) is 11.3. The number of benzodiazepines with no additional fused rings is 1. The van der Waals surface area contributed by atoms with Crippen LogP contribution in [0.4, 0.5) is 11.4 Å². The Kier molecular flexibility index (Phi) is 5.57. The second-order valence-electron chi connectivity index (χ2n) is 6.93. The molecule has 0 unspecified atom stereocenters. The van der Waals surface area contributed by atoms with Crippen LogP contribution in [0.1, 0.15) is 11.1 Å². The second kappa shape index (κ2) is 8.61. The Hall–Kier alpha value is -3.93. The minimum Gasteiger partial charge on any atom is -0.457 e. The van der Waals surface area contributed by atoms with Gasteiger partial charge in [-0.15, -0.1) is 0 Å². The van der Waals surface area contributed by atoms with Gasteiger partial charge in [0.05, 0.1) is 17.2 Å². The van der Waals surface area contributed by atoms with E-state index in [0.717, 1.165) is 23.5 Å². The third kappa shape index (κ3) is 4.22. The summed E-state index contributed by atoms with van der Waals surface area (Å²) < 4.78 is 5.97. The van der Waals surface area contributed by atoms with Gasteiger partial charge in [-0.3, -0.25) is 15.1 Å². The van der Waals surface area contributed by atoms with Gasteiger partial charge < -0.3 is 9.64 Å². The predicted molar refractivity (Wildman–Crippen MR) is 120 cm³/mol. The van der Waals surface area contributed by atoms with Crippen molar-refractivity contribution in [3.05, 3.63) is 100 Å². The number of anilines is 1. The van der Waals surface area contributed by atoms with E-state index < -0.39 is 4.92 Å². The Morgan fingerprint density at radius 1 is 1.03 bits per heavy atom. The van der Waals surface area contributed by atoms with E-state index in [2.05, 4.69) is 11.0 Å². The zero-order chi connectivity index (χ0) is 20.9. The number of benzene rings is 3. The molecule has 4 rings (SSSR count). The highest BCUT2D eigenvalue weighted by atomic mass is 16.6. The highest BCUT2D eigenvalue weighted by Gasteiger charge is 2.15.